The summed E-state index contributed by atoms with van der Waals surface area (Å²) in [5.41, 5.74) is 3.40. The molecule has 3 heterocycles. The molecule has 0 aromatic carbocycles. The Morgan fingerprint density at radius 1 is 1.04 bits per heavy atom. The first kappa shape index (κ1) is 14.3. The zero-order chi connectivity index (χ0) is 15.7. The predicted octanol–water partition coefficient (Wildman–Crippen LogP) is 4.35. The summed E-state index contributed by atoms with van der Waals surface area (Å²) in [5.74, 6) is 1.07. The standard InChI is InChI=1S/C18H23BrN4/c1-13-14(19)15-20-9-12-23(15)16(21-13)22-10-7-18(8-11-22)4-2-3-17(18)5-6-17/h9,12H,2-8,10-11H2,1H3. The molecule has 0 atom stereocenters. The number of aromatic nitrogens is 3. The third kappa shape index (κ3) is 1.89. The lowest BCUT2D eigenvalue weighted by molar-refractivity contribution is 0.130. The zero-order valence-corrected chi connectivity index (χ0v) is 15.3. The molecule has 5 heteroatoms. The van der Waals surface area contributed by atoms with Crippen LogP contribution in [-0.2, 0) is 0 Å². The molecule has 2 aromatic rings. The molecule has 2 aromatic heterocycles. The minimum absolute atomic E-state index is 0.655. The summed E-state index contributed by atoms with van der Waals surface area (Å²) in [7, 11) is 0. The molecule has 4 nitrogen and oxygen atoms in total. The predicted molar refractivity (Wildman–Crippen MR) is 94.8 cm³/mol. The smallest absolute Gasteiger partial charge is 0.211 e. The average molecular weight is 375 g/mol. The summed E-state index contributed by atoms with van der Waals surface area (Å²) >= 11 is 3.63. The Morgan fingerprint density at radius 2 is 1.74 bits per heavy atom. The molecule has 0 amide bonds. The first-order chi connectivity index (χ1) is 11.1. The Bertz CT molecular complexity index is 769. The van der Waals surface area contributed by atoms with E-state index in [1.54, 1.807) is 0 Å². The summed E-state index contributed by atoms with van der Waals surface area (Å²) < 4.78 is 3.14. The highest BCUT2D eigenvalue weighted by Crippen LogP contribution is 2.71. The van der Waals surface area contributed by atoms with Crippen molar-refractivity contribution < 1.29 is 0 Å². The van der Waals surface area contributed by atoms with Crippen LogP contribution in [0.2, 0.25) is 0 Å². The van der Waals surface area contributed by atoms with Gasteiger partial charge in [-0.2, -0.15) is 0 Å². The molecule has 23 heavy (non-hydrogen) atoms. The van der Waals surface area contributed by atoms with Gasteiger partial charge in [-0.05, 0) is 72.2 Å². The fourth-order valence-electron chi connectivity index (χ4n) is 5.41. The quantitative estimate of drug-likeness (QED) is 0.743. The van der Waals surface area contributed by atoms with Crippen molar-refractivity contribution in [1.29, 1.82) is 0 Å². The van der Waals surface area contributed by atoms with Crippen molar-refractivity contribution >= 4 is 27.5 Å². The maximum absolute atomic E-state index is 4.87. The molecule has 5 rings (SSSR count). The van der Waals surface area contributed by atoms with Crippen molar-refractivity contribution in [3.63, 3.8) is 0 Å². The maximum Gasteiger partial charge on any atom is 0.211 e. The van der Waals surface area contributed by atoms with Gasteiger partial charge >= 0.3 is 0 Å². The van der Waals surface area contributed by atoms with E-state index in [1.807, 2.05) is 12.4 Å². The normalized spacial score (nSPS) is 24.9. The first-order valence-corrected chi connectivity index (χ1v) is 9.68. The molecule has 1 saturated heterocycles. The molecule has 3 fully saturated rings. The van der Waals surface area contributed by atoms with Crippen LogP contribution in [0.3, 0.4) is 0 Å². The second-order valence-electron chi connectivity index (χ2n) is 7.83. The van der Waals surface area contributed by atoms with Crippen LogP contribution in [0.1, 0.15) is 50.6 Å². The van der Waals surface area contributed by atoms with E-state index in [4.69, 9.17) is 4.98 Å². The maximum atomic E-state index is 4.87. The fraction of sp³-hybridized carbons (Fsp3) is 0.667. The number of halogens is 1. The number of aryl methyl sites for hydroxylation is 1. The third-order valence-corrected chi connectivity index (χ3v) is 7.86. The average Bonchev–Trinajstić information content (AvgIpc) is 3.05. The van der Waals surface area contributed by atoms with Crippen molar-refractivity contribution in [2.75, 3.05) is 18.0 Å². The van der Waals surface area contributed by atoms with Crippen LogP contribution >= 0.6 is 15.9 Å². The van der Waals surface area contributed by atoms with E-state index >= 15 is 0 Å². The molecule has 2 spiro atoms. The summed E-state index contributed by atoms with van der Waals surface area (Å²) in [6, 6.07) is 0. The Kier molecular flexibility index (Phi) is 2.92. The number of fused-ring (bicyclic) bond motifs is 2. The summed E-state index contributed by atoms with van der Waals surface area (Å²) in [4.78, 5) is 11.8. The van der Waals surface area contributed by atoms with E-state index in [-0.39, 0.29) is 0 Å². The van der Waals surface area contributed by atoms with E-state index in [0.29, 0.717) is 5.41 Å². The molecular weight excluding hydrogens is 352 g/mol. The number of anilines is 1. The second kappa shape index (κ2) is 4.71. The number of hydrogen-bond acceptors (Lipinski definition) is 3. The van der Waals surface area contributed by atoms with Crippen LogP contribution in [0.15, 0.2) is 16.9 Å². The molecule has 3 aliphatic rings. The van der Waals surface area contributed by atoms with Crippen LogP contribution in [0, 0.1) is 17.8 Å². The van der Waals surface area contributed by atoms with Gasteiger partial charge in [-0.25, -0.2) is 9.97 Å². The lowest BCUT2D eigenvalue weighted by atomic mass is 9.68. The molecule has 1 aliphatic heterocycles. The van der Waals surface area contributed by atoms with Crippen LogP contribution < -0.4 is 4.90 Å². The van der Waals surface area contributed by atoms with Gasteiger partial charge in [-0.15, -0.1) is 0 Å². The minimum Gasteiger partial charge on any atom is -0.342 e. The zero-order valence-electron chi connectivity index (χ0n) is 13.7. The lowest BCUT2D eigenvalue weighted by Gasteiger charge is -2.44. The molecule has 0 N–H and O–H groups in total. The Balaban J connectivity index is 1.47. The van der Waals surface area contributed by atoms with E-state index in [2.05, 4.69) is 37.1 Å². The summed E-state index contributed by atoms with van der Waals surface area (Å²) in [6.45, 7) is 4.34. The van der Waals surface area contributed by atoms with E-state index in [9.17, 15) is 0 Å². The van der Waals surface area contributed by atoms with Crippen molar-refractivity contribution in [2.45, 2.75) is 51.9 Å². The highest BCUT2D eigenvalue weighted by molar-refractivity contribution is 9.10. The molecule has 0 radical (unpaired) electrons. The van der Waals surface area contributed by atoms with Gasteiger partial charge in [-0.1, -0.05) is 6.42 Å². The van der Waals surface area contributed by atoms with Crippen molar-refractivity contribution in [1.82, 2.24) is 14.4 Å². The van der Waals surface area contributed by atoms with E-state index in [0.717, 1.165) is 40.3 Å². The lowest BCUT2D eigenvalue weighted by Crippen LogP contribution is -2.43. The van der Waals surface area contributed by atoms with Crippen LogP contribution in [0.25, 0.3) is 5.65 Å². The summed E-state index contributed by atoms with van der Waals surface area (Å²) in [5, 5.41) is 0. The van der Waals surface area contributed by atoms with Crippen LogP contribution in [0.5, 0.6) is 0 Å². The molecule has 122 valence electrons. The second-order valence-corrected chi connectivity index (χ2v) is 8.63. The van der Waals surface area contributed by atoms with Crippen molar-refractivity contribution in [3.8, 4) is 0 Å². The monoisotopic (exact) mass is 374 g/mol. The number of nitrogens with zero attached hydrogens (tertiary/aromatic N) is 4. The van der Waals surface area contributed by atoms with Crippen molar-refractivity contribution in [3.05, 3.63) is 22.6 Å². The topological polar surface area (TPSA) is 33.4 Å². The van der Waals surface area contributed by atoms with Gasteiger partial charge in [0, 0.05) is 25.5 Å². The largest absolute Gasteiger partial charge is 0.342 e. The molecular formula is C18H23BrN4. The van der Waals surface area contributed by atoms with Gasteiger partial charge in [0.15, 0.2) is 5.65 Å². The highest BCUT2D eigenvalue weighted by Gasteiger charge is 2.61. The molecule has 2 aliphatic carbocycles. The van der Waals surface area contributed by atoms with E-state index < -0.39 is 0 Å². The molecule has 0 bridgehead atoms. The van der Waals surface area contributed by atoms with Crippen molar-refractivity contribution in [2.24, 2.45) is 10.8 Å². The van der Waals surface area contributed by atoms with Gasteiger partial charge in [0.1, 0.15) is 0 Å². The fourth-order valence-corrected chi connectivity index (χ4v) is 5.79. The highest BCUT2D eigenvalue weighted by atomic mass is 79.9. The third-order valence-electron chi connectivity index (χ3n) is 6.93. The number of piperidine rings is 1. The summed E-state index contributed by atoms with van der Waals surface area (Å²) in [6.07, 6.45) is 14.0. The molecule has 2 saturated carbocycles. The Labute approximate surface area is 145 Å². The van der Waals surface area contributed by atoms with Gasteiger partial charge in [0.25, 0.3) is 0 Å². The Hall–Kier alpha value is -1.10. The van der Waals surface area contributed by atoms with E-state index in [1.165, 1.54) is 44.9 Å². The number of rotatable bonds is 1. The van der Waals surface area contributed by atoms with Crippen LogP contribution in [0.4, 0.5) is 5.95 Å². The molecule has 0 unspecified atom stereocenters. The van der Waals surface area contributed by atoms with Gasteiger partial charge in [0.2, 0.25) is 5.95 Å². The van der Waals surface area contributed by atoms with Crippen LogP contribution in [-0.4, -0.2) is 27.5 Å². The first-order valence-electron chi connectivity index (χ1n) is 8.88. The van der Waals surface area contributed by atoms with Gasteiger partial charge < -0.3 is 4.90 Å². The van der Waals surface area contributed by atoms with Gasteiger partial charge in [0.05, 0.1) is 10.2 Å². The van der Waals surface area contributed by atoms with Gasteiger partial charge in [-0.3, -0.25) is 4.40 Å². The Morgan fingerprint density at radius 3 is 2.43 bits per heavy atom. The number of hydrogen-bond donors (Lipinski definition) is 0. The SMILES string of the molecule is Cc1nc(N2CCC3(CCCC34CC4)CC2)n2ccnc2c1Br. The minimum atomic E-state index is 0.655. The number of imidazole rings is 1.